The van der Waals surface area contributed by atoms with Gasteiger partial charge in [0.25, 0.3) is 0 Å². The molecule has 148 valence electrons. The van der Waals surface area contributed by atoms with E-state index in [-0.39, 0.29) is 23.6 Å². The van der Waals surface area contributed by atoms with Gasteiger partial charge in [-0.2, -0.15) is 0 Å². The molecule has 2 aliphatic heterocycles. The van der Waals surface area contributed by atoms with Gasteiger partial charge in [0.2, 0.25) is 17.7 Å². The average molecular weight is 367 g/mol. The molecule has 2 heterocycles. The molecule has 7 nitrogen and oxygen atoms in total. The Kier molecular flexibility index (Phi) is 7.87. The minimum absolute atomic E-state index is 0.0236. The lowest BCUT2D eigenvalue weighted by molar-refractivity contribution is -0.144. The van der Waals surface area contributed by atoms with Crippen molar-refractivity contribution >= 4 is 17.7 Å². The highest BCUT2D eigenvalue weighted by molar-refractivity contribution is 5.81. The largest absolute Gasteiger partial charge is 0.343 e. The molecular formula is C19H34N4O3. The summed E-state index contributed by atoms with van der Waals surface area (Å²) < 4.78 is 0. The summed E-state index contributed by atoms with van der Waals surface area (Å²) in [5.41, 5.74) is 0. The number of carbonyl (C=O) groups is 3. The van der Waals surface area contributed by atoms with Crippen molar-refractivity contribution in [2.75, 3.05) is 58.9 Å². The topological polar surface area (TPSA) is 64.2 Å². The maximum atomic E-state index is 12.7. The summed E-state index contributed by atoms with van der Waals surface area (Å²) in [5.74, 6) is 0.505. The summed E-state index contributed by atoms with van der Waals surface area (Å²) >= 11 is 0. The molecule has 0 bridgehead atoms. The normalized spacial score (nSPS) is 19.2. The van der Waals surface area contributed by atoms with Crippen LogP contribution in [0.5, 0.6) is 0 Å². The Morgan fingerprint density at radius 2 is 1.38 bits per heavy atom. The highest BCUT2D eigenvalue weighted by Gasteiger charge is 2.31. The second-order valence-electron chi connectivity index (χ2n) is 7.26. The summed E-state index contributed by atoms with van der Waals surface area (Å²) in [6, 6.07) is 0. The maximum absolute atomic E-state index is 12.7. The van der Waals surface area contributed by atoms with Crippen LogP contribution in [-0.4, -0.2) is 96.2 Å². The van der Waals surface area contributed by atoms with Crippen molar-refractivity contribution in [1.29, 1.82) is 0 Å². The van der Waals surface area contributed by atoms with Gasteiger partial charge in [-0.15, -0.1) is 0 Å². The van der Waals surface area contributed by atoms with Gasteiger partial charge >= 0.3 is 0 Å². The molecule has 0 aromatic heterocycles. The van der Waals surface area contributed by atoms with Crippen LogP contribution in [0.15, 0.2) is 0 Å². The van der Waals surface area contributed by atoms with Crippen molar-refractivity contribution in [3.05, 3.63) is 0 Å². The highest BCUT2D eigenvalue weighted by Crippen LogP contribution is 2.20. The van der Waals surface area contributed by atoms with Crippen molar-refractivity contribution in [1.82, 2.24) is 19.6 Å². The van der Waals surface area contributed by atoms with E-state index in [2.05, 4.69) is 18.7 Å². The Hall–Kier alpha value is -1.63. The fraction of sp³-hybridized carbons (Fsp3) is 0.842. The van der Waals surface area contributed by atoms with E-state index in [1.165, 1.54) is 0 Å². The van der Waals surface area contributed by atoms with Gasteiger partial charge < -0.3 is 19.6 Å². The zero-order valence-corrected chi connectivity index (χ0v) is 16.6. The SMILES string of the molecule is CCN(CC)CCC(=O)N1CCN(C(=O)C2CCN(C(C)=O)CC2)CC1. The van der Waals surface area contributed by atoms with E-state index in [9.17, 15) is 14.4 Å². The molecular weight excluding hydrogens is 332 g/mol. The van der Waals surface area contributed by atoms with Crippen LogP contribution < -0.4 is 0 Å². The summed E-state index contributed by atoms with van der Waals surface area (Å²) in [6.45, 7) is 12.4. The number of nitrogens with zero attached hydrogens (tertiary/aromatic N) is 4. The molecule has 0 atom stereocenters. The van der Waals surface area contributed by atoms with Crippen molar-refractivity contribution in [2.45, 2.75) is 40.0 Å². The van der Waals surface area contributed by atoms with E-state index in [0.29, 0.717) is 45.7 Å². The van der Waals surface area contributed by atoms with Gasteiger partial charge in [0, 0.05) is 65.1 Å². The first-order chi connectivity index (χ1) is 12.5. The monoisotopic (exact) mass is 366 g/mol. The minimum Gasteiger partial charge on any atom is -0.343 e. The molecule has 0 aromatic carbocycles. The summed E-state index contributed by atoms with van der Waals surface area (Å²) in [6.07, 6.45) is 2.06. The predicted molar refractivity (Wildman–Crippen MR) is 101 cm³/mol. The zero-order chi connectivity index (χ0) is 19.1. The van der Waals surface area contributed by atoms with Gasteiger partial charge in [-0.05, 0) is 25.9 Å². The molecule has 2 aliphatic rings. The van der Waals surface area contributed by atoms with E-state index >= 15 is 0 Å². The molecule has 0 N–H and O–H groups in total. The molecule has 2 fully saturated rings. The third-order valence-corrected chi connectivity index (χ3v) is 5.77. The van der Waals surface area contributed by atoms with Crippen molar-refractivity contribution in [3.63, 3.8) is 0 Å². The van der Waals surface area contributed by atoms with Gasteiger partial charge in [0.05, 0.1) is 0 Å². The Balaban J connectivity index is 1.73. The zero-order valence-electron chi connectivity index (χ0n) is 16.6. The van der Waals surface area contributed by atoms with Crippen LogP contribution in [0, 0.1) is 5.92 Å². The second-order valence-corrected chi connectivity index (χ2v) is 7.26. The number of rotatable bonds is 6. The molecule has 0 radical (unpaired) electrons. The van der Waals surface area contributed by atoms with Gasteiger partial charge in [0.1, 0.15) is 0 Å². The molecule has 26 heavy (non-hydrogen) atoms. The molecule has 0 saturated carbocycles. The minimum atomic E-state index is 0.0236. The van der Waals surface area contributed by atoms with E-state index in [4.69, 9.17) is 0 Å². The summed E-state index contributed by atoms with van der Waals surface area (Å²) in [4.78, 5) is 44.4. The van der Waals surface area contributed by atoms with Crippen molar-refractivity contribution in [3.8, 4) is 0 Å². The van der Waals surface area contributed by atoms with Crippen LogP contribution in [0.25, 0.3) is 0 Å². The lowest BCUT2D eigenvalue weighted by Gasteiger charge is -2.38. The Morgan fingerprint density at radius 3 is 1.88 bits per heavy atom. The van der Waals surface area contributed by atoms with Gasteiger partial charge in [-0.1, -0.05) is 13.8 Å². The molecule has 0 aromatic rings. The van der Waals surface area contributed by atoms with Crippen LogP contribution in [0.1, 0.15) is 40.0 Å². The number of amides is 3. The first-order valence-electron chi connectivity index (χ1n) is 10.0. The van der Waals surface area contributed by atoms with Gasteiger partial charge in [-0.25, -0.2) is 0 Å². The molecule has 0 spiro atoms. The molecule has 2 rings (SSSR count). The number of likely N-dealkylation sites (tertiary alicyclic amines) is 1. The van der Waals surface area contributed by atoms with Crippen molar-refractivity contribution in [2.24, 2.45) is 5.92 Å². The molecule has 0 aliphatic carbocycles. The lowest BCUT2D eigenvalue weighted by Crippen LogP contribution is -2.53. The van der Waals surface area contributed by atoms with Crippen LogP contribution >= 0.6 is 0 Å². The maximum Gasteiger partial charge on any atom is 0.225 e. The standard InChI is InChI=1S/C19H34N4O3/c1-4-20(5-2)9-8-18(25)22-12-14-23(15-13-22)19(26)17-6-10-21(11-7-17)16(3)24/h17H,4-15H2,1-3H3. The van der Waals surface area contributed by atoms with E-state index in [1.54, 1.807) is 6.92 Å². The van der Waals surface area contributed by atoms with Crippen molar-refractivity contribution < 1.29 is 14.4 Å². The first kappa shape index (κ1) is 20.7. The number of piperidine rings is 1. The molecule has 7 heteroatoms. The second kappa shape index (κ2) is 9.90. The molecule has 0 unspecified atom stereocenters. The van der Waals surface area contributed by atoms with Crippen LogP contribution in [0.2, 0.25) is 0 Å². The van der Waals surface area contributed by atoms with Crippen LogP contribution in [-0.2, 0) is 14.4 Å². The average Bonchev–Trinajstić information content (AvgIpc) is 2.68. The number of hydrogen-bond donors (Lipinski definition) is 0. The molecule has 2 saturated heterocycles. The highest BCUT2D eigenvalue weighted by atomic mass is 16.2. The summed E-state index contributed by atoms with van der Waals surface area (Å²) in [5, 5.41) is 0. The smallest absolute Gasteiger partial charge is 0.225 e. The first-order valence-corrected chi connectivity index (χ1v) is 10.0. The lowest BCUT2D eigenvalue weighted by atomic mass is 9.95. The van der Waals surface area contributed by atoms with E-state index < -0.39 is 0 Å². The van der Waals surface area contributed by atoms with Gasteiger partial charge in [0.15, 0.2) is 0 Å². The van der Waals surface area contributed by atoms with Crippen LogP contribution in [0.4, 0.5) is 0 Å². The third-order valence-electron chi connectivity index (χ3n) is 5.77. The summed E-state index contributed by atoms with van der Waals surface area (Å²) in [7, 11) is 0. The van der Waals surface area contributed by atoms with Gasteiger partial charge in [-0.3, -0.25) is 14.4 Å². The Morgan fingerprint density at radius 1 is 0.846 bits per heavy atom. The predicted octanol–water partition coefficient (Wildman–Crippen LogP) is 0.648. The Labute approximate surface area is 157 Å². The number of carbonyl (C=O) groups excluding carboxylic acids is 3. The molecule has 3 amide bonds. The van der Waals surface area contributed by atoms with E-state index in [0.717, 1.165) is 32.5 Å². The quantitative estimate of drug-likeness (QED) is 0.692. The fourth-order valence-electron chi connectivity index (χ4n) is 3.83. The fourth-order valence-corrected chi connectivity index (χ4v) is 3.83. The number of hydrogen-bond acceptors (Lipinski definition) is 4. The number of piperazine rings is 1. The Bertz CT molecular complexity index is 491. The third kappa shape index (κ3) is 5.43. The van der Waals surface area contributed by atoms with E-state index in [1.807, 2.05) is 14.7 Å². The van der Waals surface area contributed by atoms with Crippen LogP contribution in [0.3, 0.4) is 0 Å².